The molecule has 6 nitrogen and oxygen atoms in total. The summed E-state index contributed by atoms with van der Waals surface area (Å²) in [5.41, 5.74) is 0. The fraction of sp³-hybridized carbons (Fsp3) is 0.909. The van der Waals surface area contributed by atoms with E-state index in [0.29, 0.717) is 19.6 Å². The lowest BCUT2D eigenvalue weighted by atomic mass is 10.0. The minimum Gasteiger partial charge on any atom is -0.480 e. The maximum atomic E-state index is 11.2. The van der Waals surface area contributed by atoms with Crippen LogP contribution in [0, 0.1) is 0 Å². The third-order valence-corrected chi connectivity index (χ3v) is 5.45. The Morgan fingerprint density at radius 3 is 1.71 bits per heavy atom. The molecule has 0 bridgehead atoms. The molecule has 0 amide bonds. The number of aliphatic carboxylic acids is 2. The van der Waals surface area contributed by atoms with Crippen molar-refractivity contribution in [3.63, 3.8) is 0 Å². The van der Waals surface area contributed by atoms with Gasteiger partial charge in [-0.2, -0.15) is 0 Å². The summed E-state index contributed by atoms with van der Waals surface area (Å²) in [5.74, 6) is -1.67. The van der Waals surface area contributed by atoms with E-state index < -0.39 is 11.9 Å². The van der Waals surface area contributed by atoms with Crippen molar-refractivity contribution in [3.8, 4) is 0 Å². The van der Waals surface area contributed by atoms with E-state index in [9.17, 15) is 14.7 Å². The van der Waals surface area contributed by atoms with Crippen LogP contribution in [0.2, 0.25) is 0 Å². The highest BCUT2D eigenvalue weighted by Gasteiger charge is 2.18. The maximum absolute atomic E-state index is 11.2. The smallest absolute Gasteiger partial charge is 0.317 e. The van der Waals surface area contributed by atoms with Gasteiger partial charge in [0.1, 0.15) is 0 Å². The summed E-state index contributed by atoms with van der Waals surface area (Å²) in [5, 5.41) is 18.1. The molecule has 0 aliphatic carbocycles. The third kappa shape index (κ3) is 15.9. The van der Waals surface area contributed by atoms with Gasteiger partial charge in [-0.15, -0.1) is 0 Å². The predicted molar refractivity (Wildman–Crippen MR) is 115 cm³/mol. The van der Waals surface area contributed by atoms with Crippen LogP contribution in [-0.4, -0.2) is 70.7 Å². The fourth-order valence-electron chi connectivity index (χ4n) is 3.55. The summed E-state index contributed by atoms with van der Waals surface area (Å²) in [7, 11) is 0. The van der Waals surface area contributed by atoms with Crippen LogP contribution in [0.25, 0.3) is 0 Å². The van der Waals surface area contributed by atoms with Gasteiger partial charge < -0.3 is 10.2 Å². The zero-order valence-corrected chi connectivity index (χ0v) is 18.5. The largest absolute Gasteiger partial charge is 0.480 e. The number of carboxylic acids is 2. The second kappa shape index (κ2) is 17.9. The molecule has 0 fully saturated rings. The molecule has 2 N–H and O–H groups in total. The Kier molecular flexibility index (Phi) is 17.2. The van der Waals surface area contributed by atoms with Gasteiger partial charge in [0, 0.05) is 19.1 Å². The van der Waals surface area contributed by atoms with E-state index in [-0.39, 0.29) is 19.1 Å². The number of carboxylic acid groups (broad SMARTS) is 2. The van der Waals surface area contributed by atoms with Crippen molar-refractivity contribution in [2.45, 2.75) is 97.4 Å². The number of rotatable bonds is 20. The van der Waals surface area contributed by atoms with Gasteiger partial charge in [0.25, 0.3) is 0 Å². The number of likely N-dealkylation sites (N-methyl/N-ethyl adjacent to an activating group) is 1. The van der Waals surface area contributed by atoms with E-state index in [1.54, 1.807) is 0 Å². The highest BCUT2D eigenvalue weighted by molar-refractivity contribution is 5.69. The molecule has 28 heavy (non-hydrogen) atoms. The summed E-state index contributed by atoms with van der Waals surface area (Å²) < 4.78 is 0. The van der Waals surface area contributed by atoms with Crippen LogP contribution in [0.5, 0.6) is 0 Å². The van der Waals surface area contributed by atoms with Crippen LogP contribution >= 0.6 is 0 Å². The van der Waals surface area contributed by atoms with Crippen LogP contribution in [0.1, 0.15) is 91.4 Å². The minimum absolute atomic E-state index is 0.00420. The van der Waals surface area contributed by atoms with Crippen molar-refractivity contribution < 1.29 is 19.8 Å². The third-order valence-electron chi connectivity index (χ3n) is 5.45. The summed E-state index contributed by atoms with van der Waals surface area (Å²) in [6.07, 6.45) is 14.0. The molecule has 0 spiro atoms. The fourth-order valence-corrected chi connectivity index (χ4v) is 3.55. The standard InChI is InChI=1S/C22H44N2O4/c1-4-6-7-8-9-10-11-12-13-14-15-20(3)24(19-22(27)28)17-16-23(5-2)18-21(25)26/h20H,4-19H2,1-3H3,(H,25,26)(H,27,28). The van der Waals surface area contributed by atoms with E-state index in [2.05, 4.69) is 13.8 Å². The molecule has 1 atom stereocenters. The topological polar surface area (TPSA) is 81.1 Å². The monoisotopic (exact) mass is 400 g/mol. The Morgan fingerprint density at radius 2 is 1.25 bits per heavy atom. The van der Waals surface area contributed by atoms with Gasteiger partial charge in [0.05, 0.1) is 13.1 Å². The van der Waals surface area contributed by atoms with Crippen molar-refractivity contribution in [1.29, 1.82) is 0 Å². The van der Waals surface area contributed by atoms with E-state index in [0.717, 1.165) is 12.8 Å². The molecule has 0 rings (SSSR count). The molecule has 6 heteroatoms. The van der Waals surface area contributed by atoms with Crippen molar-refractivity contribution in [3.05, 3.63) is 0 Å². The average Bonchev–Trinajstić information content (AvgIpc) is 2.64. The Balaban J connectivity index is 4.04. The second-order valence-electron chi connectivity index (χ2n) is 7.95. The molecule has 0 heterocycles. The molecule has 0 aromatic rings. The molecule has 0 saturated carbocycles. The lowest BCUT2D eigenvalue weighted by Crippen LogP contribution is -2.43. The lowest BCUT2D eigenvalue weighted by Gasteiger charge is -2.30. The highest BCUT2D eigenvalue weighted by Crippen LogP contribution is 2.14. The summed E-state index contributed by atoms with van der Waals surface area (Å²) >= 11 is 0. The van der Waals surface area contributed by atoms with Crippen molar-refractivity contribution in [2.75, 3.05) is 32.7 Å². The Hall–Kier alpha value is -1.14. The number of carbonyl (C=O) groups is 2. The molecule has 0 aromatic heterocycles. The van der Waals surface area contributed by atoms with Crippen LogP contribution in [0.15, 0.2) is 0 Å². The first-order chi connectivity index (χ1) is 13.4. The molecule has 0 radical (unpaired) electrons. The SMILES string of the molecule is CCCCCCCCCCCCC(C)N(CCN(CC)CC(=O)O)CC(=O)O. The number of unbranched alkanes of at least 4 members (excludes halogenated alkanes) is 9. The number of hydrogen-bond acceptors (Lipinski definition) is 4. The van der Waals surface area contributed by atoms with Gasteiger partial charge in [0.15, 0.2) is 0 Å². The molecule has 0 aromatic carbocycles. The minimum atomic E-state index is -0.843. The van der Waals surface area contributed by atoms with Gasteiger partial charge in [-0.3, -0.25) is 19.4 Å². The first-order valence-corrected chi connectivity index (χ1v) is 11.3. The van der Waals surface area contributed by atoms with E-state index in [1.807, 2.05) is 16.7 Å². The van der Waals surface area contributed by atoms with E-state index in [1.165, 1.54) is 57.8 Å². The van der Waals surface area contributed by atoms with Gasteiger partial charge in [-0.1, -0.05) is 78.1 Å². The Morgan fingerprint density at radius 1 is 0.750 bits per heavy atom. The van der Waals surface area contributed by atoms with Crippen molar-refractivity contribution >= 4 is 11.9 Å². The first-order valence-electron chi connectivity index (χ1n) is 11.3. The summed E-state index contributed by atoms with van der Waals surface area (Å²) in [6, 6.07) is 0.202. The first kappa shape index (κ1) is 26.9. The van der Waals surface area contributed by atoms with E-state index in [4.69, 9.17) is 5.11 Å². The van der Waals surface area contributed by atoms with Crippen LogP contribution in [0.4, 0.5) is 0 Å². The highest BCUT2D eigenvalue weighted by atomic mass is 16.4. The molecule has 0 aliphatic heterocycles. The normalized spacial score (nSPS) is 12.6. The van der Waals surface area contributed by atoms with Crippen molar-refractivity contribution in [1.82, 2.24) is 9.80 Å². The molecule has 166 valence electrons. The molecule has 0 saturated heterocycles. The molecular weight excluding hydrogens is 356 g/mol. The zero-order valence-electron chi connectivity index (χ0n) is 18.5. The molecule has 0 aliphatic rings. The number of nitrogens with zero attached hydrogens (tertiary/aromatic N) is 2. The molecular formula is C22H44N2O4. The summed E-state index contributed by atoms with van der Waals surface area (Å²) in [4.78, 5) is 25.9. The van der Waals surface area contributed by atoms with Gasteiger partial charge >= 0.3 is 11.9 Å². The summed E-state index contributed by atoms with van der Waals surface area (Å²) in [6.45, 7) is 8.11. The Labute approximate surface area is 172 Å². The number of hydrogen-bond donors (Lipinski definition) is 2. The zero-order chi connectivity index (χ0) is 21.2. The maximum Gasteiger partial charge on any atom is 0.317 e. The van der Waals surface area contributed by atoms with Crippen molar-refractivity contribution in [2.24, 2.45) is 0 Å². The average molecular weight is 401 g/mol. The van der Waals surface area contributed by atoms with Crippen LogP contribution < -0.4 is 0 Å². The second-order valence-corrected chi connectivity index (χ2v) is 7.95. The predicted octanol–water partition coefficient (Wildman–Crippen LogP) is 4.48. The van der Waals surface area contributed by atoms with Gasteiger partial charge in [-0.25, -0.2) is 0 Å². The molecule has 1 unspecified atom stereocenters. The quantitative estimate of drug-likeness (QED) is 0.293. The Bertz CT molecular complexity index is 404. The van der Waals surface area contributed by atoms with Gasteiger partial charge in [0.2, 0.25) is 0 Å². The van der Waals surface area contributed by atoms with Crippen LogP contribution in [0.3, 0.4) is 0 Å². The van der Waals surface area contributed by atoms with Gasteiger partial charge in [-0.05, 0) is 19.9 Å². The van der Waals surface area contributed by atoms with E-state index >= 15 is 0 Å². The lowest BCUT2D eigenvalue weighted by molar-refractivity contribution is -0.140. The van der Waals surface area contributed by atoms with Crippen LogP contribution in [-0.2, 0) is 9.59 Å².